The number of esters is 1. The van der Waals surface area contributed by atoms with E-state index in [0.29, 0.717) is 24.8 Å². The zero-order valence-corrected chi connectivity index (χ0v) is 20.6. The summed E-state index contributed by atoms with van der Waals surface area (Å²) in [5, 5.41) is 11.1. The van der Waals surface area contributed by atoms with E-state index in [1.807, 2.05) is 6.92 Å². The molecule has 180 valence electrons. The zero-order valence-electron chi connectivity index (χ0n) is 20.6. The summed E-state index contributed by atoms with van der Waals surface area (Å²) in [7, 11) is 1.15. The highest BCUT2D eigenvalue weighted by molar-refractivity contribution is 6.30. The van der Waals surface area contributed by atoms with Crippen molar-refractivity contribution >= 4 is 29.1 Å². The normalized spacial score (nSPS) is 48.8. The first kappa shape index (κ1) is 24.0. The van der Waals surface area contributed by atoms with E-state index in [0.717, 1.165) is 14.0 Å². The van der Waals surface area contributed by atoms with Gasteiger partial charge in [-0.15, -0.1) is 0 Å². The lowest BCUT2D eigenvalue weighted by Gasteiger charge is -2.68. The van der Waals surface area contributed by atoms with Crippen molar-refractivity contribution in [2.24, 2.45) is 38.9 Å². The van der Waals surface area contributed by atoms with Gasteiger partial charge in [0.05, 0.1) is 12.5 Å². The third kappa shape index (κ3) is 2.19. The first-order chi connectivity index (χ1) is 14.9. The van der Waals surface area contributed by atoms with Crippen LogP contribution in [0.25, 0.3) is 0 Å². The SMILES string of the molecule is C=C1C[C@H]2[C@]3(C)CCC(=O)C(C)(C)[C@H]3C(=O)C[C@]2(C)[C@]2(C(=O)OC)C(=O)[C@@](C)(O)C(=O)[C@]12C. The maximum atomic E-state index is 14.0. The molecule has 0 aromatic rings. The van der Waals surface area contributed by atoms with Crippen molar-refractivity contribution in [2.75, 3.05) is 7.11 Å². The third-order valence-corrected chi connectivity index (χ3v) is 10.4. The molecule has 7 nitrogen and oxygen atoms in total. The molecule has 0 aromatic heterocycles. The van der Waals surface area contributed by atoms with Gasteiger partial charge in [0.2, 0.25) is 0 Å². The molecule has 0 spiro atoms. The van der Waals surface area contributed by atoms with E-state index in [9.17, 15) is 29.1 Å². The summed E-state index contributed by atoms with van der Waals surface area (Å²) in [5.74, 6) is -3.78. The zero-order chi connectivity index (χ0) is 25.2. The molecule has 0 saturated heterocycles. The Labute approximate surface area is 194 Å². The van der Waals surface area contributed by atoms with Crippen LogP contribution < -0.4 is 0 Å². The molecule has 0 aromatic carbocycles. The van der Waals surface area contributed by atoms with Gasteiger partial charge < -0.3 is 9.84 Å². The number of ether oxygens (including phenoxy) is 1. The fourth-order valence-corrected chi connectivity index (χ4v) is 8.89. The quantitative estimate of drug-likeness (QED) is 0.365. The van der Waals surface area contributed by atoms with Crippen molar-refractivity contribution in [1.29, 1.82) is 0 Å². The molecule has 7 atom stereocenters. The number of hydrogen-bond acceptors (Lipinski definition) is 7. The minimum absolute atomic E-state index is 0.0270. The lowest BCUT2D eigenvalue weighted by molar-refractivity contribution is -0.214. The van der Waals surface area contributed by atoms with Crippen LogP contribution in [0.5, 0.6) is 0 Å². The van der Waals surface area contributed by atoms with E-state index in [1.54, 1.807) is 20.8 Å². The van der Waals surface area contributed by atoms with Crippen molar-refractivity contribution in [3.63, 3.8) is 0 Å². The number of fused-ring (bicyclic) bond motifs is 5. The predicted octanol–water partition coefficient (Wildman–Crippen LogP) is 2.62. The molecule has 4 rings (SSSR count). The van der Waals surface area contributed by atoms with Gasteiger partial charge in [0.1, 0.15) is 11.6 Å². The summed E-state index contributed by atoms with van der Waals surface area (Å²) in [5.41, 5.74) is -8.72. The number of carbonyl (C=O) groups is 5. The molecule has 7 heteroatoms. The van der Waals surface area contributed by atoms with Gasteiger partial charge >= 0.3 is 5.97 Å². The van der Waals surface area contributed by atoms with Crippen molar-refractivity contribution < 1.29 is 33.8 Å². The number of Topliss-reactive ketones (excluding diaryl/α,β-unsaturated/α-hetero) is 4. The van der Waals surface area contributed by atoms with Crippen molar-refractivity contribution in [1.82, 2.24) is 0 Å². The van der Waals surface area contributed by atoms with Crippen LogP contribution in [-0.4, -0.2) is 46.9 Å². The van der Waals surface area contributed by atoms with Crippen LogP contribution in [0.3, 0.4) is 0 Å². The second-order valence-corrected chi connectivity index (χ2v) is 12.1. The van der Waals surface area contributed by atoms with Gasteiger partial charge in [0.15, 0.2) is 22.6 Å². The number of methoxy groups -OCH3 is 1. The van der Waals surface area contributed by atoms with E-state index in [1.165, 1.54) is 6.92 Å². The number of aliphatic hydroxyl groups is 1. The van der Waals surface area contributed by atoms with Crippen molar-refractivity contribution in [3.8, 4) is 0 Å². The lowest BCUT2D eigenvalue weighted by atomic mass is 9.32. The maximum absolute atomic E-state index is 14.0. The average Bonchev–Trinajstić information content (AvgIpc) is 2.83. The Balaban J connectivity index is 2.08. The van der Waals surface area contributed by atoms with E-state index < -0.39 is 62.0 Å². The van der Waals surface area contributed by atoms with Gasteiger partial charge in [0, 0.05) is 29.6 Å². The molecule has 0 heterocycles. The Morgan fingerprint density at radius 1 is 1.03 bits per heavy atom. The second kappa shape index (κ2) is 6.29. The van der Waals surface area contributed by atoms with Crippen molar-refractivity contribution in [3.05, 3.63) is 12.2 Å². The Bertz CT molecular complexity index is 1050. The van der Waals surface area contributed by atoms with Crippen molar-refractivity contribution in [2.45, 2.75) is 72.8 Å². The van der Waals surface area contributed by atoms with Crippen LogP contribution in [0.2, 0.25) is 0 Å². The Morgan fingerprint density at radius 2 is 1.61 bits per heavy atom. The molecule has 0 amide bonds. The Kier molecular flexibility index (Phi) is 4.57. The highest BCUT2D eigenvalue weighted by Crippen LogP contribution is 2.77. The van der Waals surface area contributed by atoms with Gasteiger partial charge in [-0.3, -0.25) is 24.0 Å². The number of rotatable bonds is 1. The first-order valence-corrected chi connectivity index (χ1v) is 11.6. The van der Waals surface area contributed by atoms with Gasteiger partial charge in [0.25, 0.3) is 0 Å². The smallest absolute Gasteiger partial charge is 0.321 e. The molecule has 0 unspecified atom stereocenters. The van der Waals surface area contributed by atoms with E-state index >= 15 is 0 Å². The summed E-state index contributed by atoms with van der Waals surface area (Å²) in [6, 6.07) is 0. The summed E-state index contributed by atoms with van der Waals surface area (Å²) in [6.45, 7) is 14.0. The molecule has 0 aliphatic heterocycles. The Morgan fingerprint density at radius 3 is 2.15 bits per heavy atom. The number of hydrogen-bond donors (Lipinski definition) is 1. The van der Waals surface area contributed by atoms with E-state index in [-0.39, 0.29) is 18.0 Å². The lowest BCUT2D eigenvalue weighted by Crippen LogP contribution is -2.72. The largest absolute Gasteiger partial charge is 0.468 e. The van der Waals surface area contributed by atoms with Crippen LogP contribution in [0.1, 0.15) is 67.2 Å². The van der Waals surface area contributed by atoms with Crippen LogP contribution in [0, 0.1) is 38.9 Å². The van der Waals surface area contributed by atoms with Crippen LogP contribution in [-0.2, 0) is 28.7 Å². The fraction of sp³-hybridized carbons (Fsp3) is 0.731. The van der Waals surface area contributed by atoms with Gasteiger partial charge in [-0.05, 0) is 38.0 Å². The summed E-state index contributed by atoms with van der Waals surface area (Å²) < 4.78 is 5.17. The molecule has 4 fully saturated rings. The minimum Gasteiger partial charge on any atom is -0.468 e. The average molecular weight is 459 g/mol. The van der Waals surface area contributed by atoms with E-state index in [4.69, 9.17) is 4.74 Å². The second-order valence-electron chi connectivity index (χ2n) is 12.1. The van der Waals surface area contributed by atoms with Crippen LogP contribution in [0.15, 0.2) is 12.2 Å². The monoisotopic (exact) mass is 458 g/mol. The molecular weight excluding hydrogens is 424 g/mol. The Hall–Kier alpha value is -2.15. The van der Waals surface area contributed by atoms with Gasteiger partial charge in [-0.1, -0.05) is 39.8 Å². The summed E-state index contributed by atoms with van der Waals surface area (Å²) in [4.78, 5) is 67.9. The summed E-state index contributed by atoms with van der Waals surface area (Å²) >= 11 is 0. The molecule has 4 saturated carbocycles. The minimum atomic E-state index is -2.41. The molecule has 4 aliphatic carbocycles. The standard InChI is InChI=1S/C26H34O7/c1-13-11-15-22(4)10-9-16(28)21(2,3)17(22)14(27)12-23(15,5)26(20(31)33-8)19(30)25(7,32)18(29)24(13,26)6/h15,17,32H,1,9-12H2,2-8H3/t15-,17+,22-,23-,24-,25-,26+/m0/s1. The van der Waals surface area contributed by atoms with Gasteiger partial charge in [-0.25, -0.2) is 0 Å². The third-order valence-electron chi connectivity index (χ3n) is 10.4. The number of ketones is 4. The highest BCUT2D eigenvalue weighted by atomic mass is 16.5. The predicted molar refractivity (Wildman–Crippen MR) is 118 cm³/mol. The molecule has 33 heavy (non-hydrogen) atoms. The molecule has 1 N–H and O–H groups in total. The molecule has 0 bridgehead atoms. The number of allylic oxidation sites excluding steroid dienone is 1. The van der Waals surface area contributed by atoms with Gasteiger partial charge in [-0.2, -0.15) is 0 Å². The molecule has 4 aliphatic rings. The highest BCUT2D eigenvalue weighted by Gasteiger charge is 2.86. The fourth-order valence-electron chi connectivity index (χ4n) is 8.89. The molecular formula is C26H34O7. The van der Waals surface area contributed by atoms with E-state index in [2.05, 4.69) is 6.58 Å². The maximum Gasteiger partial charge on any atom is 0.321 e. The van der Waals surface area contributed by atoms with Crippen LogP contribution >= 0.6 is 0 Å². The number of carbonyl (C=O) groups excluding carboxylic acids is 5. The van der Waals surface area contributed by atoms with Crippen LogP contribution in [0.4, 0.5) is 0 Å². The topological polar surface area (TPSA) is 115 Å². The summed E-state index contributed by atoms with van der Waals surface area (Å²) in [6.07, 6.45) is 0.873. The first-order valence-electron chi connectivity index (χ1n) is 11.6. The molecule has 0 radical (unpaired) electrons.